The molecule has 0 aromatic heterocycles. The van der Waals surface area contributed by atoms with Crippen molar-refractivity contribution in [3.8, 4) is 0 Å². The molecule has 0 saturated carbocycles. The van der Waals surface area contributed by atoms with Crippen molar-refractivity contribution in [1.82, 2.24) is 0 Å². The van der Waals surface area contributed by atoms with Crippen LogP contribution in [-0.4, -0.2) is 45.6 Å². The minimum atomic E-state index is -5.17. The second-order valence-corrected chi connectivity index (χ2v) is 7.32. The summed E-state index contributed by atoms with van der Waals surface area (Å²) < 4.78 is 104. The molecular weight excluding hydrogens is 352 g/mol. The Balaban J connectivity index is 0.000000841. The molecule has 0 unspecified atom stereocenters. The molecule has 1 aromatic rings. The number of hydrogen-bond acceptors (Lipinski definition) is 2. The summed E-state index contributed by atoms with van der Waals surface area (Å²) in [5, 5.41) is 0. The number of benzene rings is 1. The van der Waals surface area contributed by atoms with Crippen molar-refractivity contribution in [1.29, 1.82) is 0 Å². The number of nitrogens with zero attached hydrogens (tertiary/aromatic N) is 1. The summed E-state index contributed by atoms with van der Waals surface area (Å²) >= 11 is 0. The number of halogens is 6. The normalized spacial score (nSPS) is 13.3. The predicted molar refractivity (Wildman–Crippen MR) is 70.2 cm³/mol. The highest BCUT2D eigenvalue weighted by molar-refractivity contribution is 7.85. The summed E-state index contributed by atoms with van der Waals surface area (Å²) in [7, 11) is 3.33. The monoisotopic (exact) mass is 368 g/mol. The number of quaternary nitrogens is 1. The van der Waals surface area contributed by atoms with Crippen LogP contribution in [0.4, 0.5) is 26.3 Å². The van der Waals surface area contributed by atoms with Crippen LogP contribution in [0.3, 0.4) is 0 Å². The maximum atomic E-state index is 12.3. The largest absolute Gasteiger partial charge is 0.416 e. The van der Waals surface area contributed by atoms with Crippen molar-refractivity contribution >= 4 is 10.1 Å². The van der Waals surface area contributed by atoms with Crippen molar-refractivity contribution < 1.29 is 43.8 Å². The average molecular weight is 368 g/mol. The van der Waals surface area contributed by atoms with E-state index in [0.29, 0.717) is 0 Å². The van der Waals surface area contributed by atoms with E-state index in [-0.39, 0.29) is 18.2 Å². The standard InChI is InChI=1S/C8H4F6O3S.C4H12N/c9-7(10,11)4-1-5(8(12,13)14)3-6(2-4)18(15,16)17;1-5(2,3)4/h1-3H,(H,15,16,17);1-4H3/q;+1. The number of rotatable bonds is 1. The zero-order valence-corrected chi connectivity index (χ0v) is 13.4. The molecule has 1 aromatic carbocycles. The van der Waals surface area contributed by atoms with Crippen LogP contribution in [0, 0.1) is 0 Å². The van der Waals surface area contributed by atoms with Gasteiger partial charge in [0.2, 0.25) is 0 Å². The average Bonchev–Trinajstić information content (AvgIpc) is 2.22. The molecule has 0 atom stereocenters. The SMILES string of the molecule is C[N+](C)(C)C.O=S(=O)(O)c1cc(C(F)(F)F)cc(C(F)(F)F)c1. The van der Waals surface area contributed by atoms with Crippen LogP contribution in [0.15, 0.2) is 23.1 Å². The molecular formula is C12H16F6NO3S+. The van der Waals surface area contributed by atoms with Crippen LogP contribution >= 0.6 is 0 Å². The molecule has 4 nitrogen and oxygen atoms in total. The van der Waals surface area contributed by atoms with Gasteiger partial charge in [-0.25, -0.2) is 0 Å². The first-order valence-electron chi connectivity index (χ1n) is 5.87. The summed E-state index contributed by atoms with van der Waals surface area (Å²) in [6.45, 7) is 0. The Hall–Kier alpha value is -1.33. The minimum Gasteiger partial charge on any atom is -0.333 e. The molecule has 0 aliphatic carbocycles. The lowest BCUT2D eigenvalue weighted by Gasteiger charge is -2.14. The molecule has 1 rings (SSSR count). The summed E-state index contributed by atoms with van der Waals surface area (Å²) in [6.07, 6.45) is -10.3. The fraction of sp³-hybridized carbons (Fsp3) is 0.500. The topological polar surface area (TPSA) is 54.4 Å². The third kappa shape index (κ3) is 8.77. The lowest BCUT2D eigenvalue weighted by molar-refractivity contribution is -0.849. The molecule has 0 radical (unpaired) electrons. The molecule has 0 amide bonds. The zero-order chi connectivity index (χ0) is 18.9. The van der Waals surface area contributed by atoms with Crippen molar-refractivity contribution in [2.24, 2.45) is 0 Å². The molecule has 0 bridgehead atoms. The van der Waals surface area contributed by atoms with Crippen molar-refractivity contribution in [3.63, 3.8) is 0 Å². The zero-order valence-electron chi connectivity index (χ0n) is 12.6. The highest BCUT2D eigenvalue weighted by Crippen LogP contribution is 2.37. The molecule has 0 spiro atoms. The van der Waals surface area contributed by atoms with Gasteiger partial charge in [-0.3, -0.25) is 4.55 Å². The molecule has 0 fully saturated rings. The maximum absolute atomic E-state index is 12.3. The van der Waals surface area contributed by atoms with Gasteiger partial charge in [0.25, 0.3) is 10.1 Å². The number of alkyl halides is 6. The Labute approximate surface area is 129 Å². The van der Waals surface area contributed by atoms with Crippen LogP contribution < -0.4 is 0 Å². The van der Waals surface area contributed by atoms with Crippen LogP contribution in [-0.2, 0) is 22.5 Å². The first kappa shape index (κ1) is 21.7. The third-order valence-corrected chi connectivity index (χ3v) is 2.69. The molecule has 0 saturated heterocycles. The number of hydrogen-bond donors (Lipinski definition) is 1. The first-order valence-corrected chi connectivity index (χ1v) is 7.31. The summed E-state index contributed by atoms with van der Waals surface area (Å²) in [4.78, 5) is -1.47. The van der Waals surface area contributed by atoms with Crippen LogP contribution in [0.2, 0.25) is 0 Å². The second-order valence-electron chi connectivity index (χ2n) is 5.90. The van der Waals surface area contributed by atoms with Gasteiger partial charge in [0, 0.05) is 0 Å². The van der Waals surface area contributed by atoms with Gasteiger partial charge in [-0.15, -0.1) is 0 Å². The second kappa shape index (κ2) is 6.65. The van der Waals surface area contributed by atoms with Gasteiger partial charge >= 0.3 is 12.4 Å². The van der Waals surface area contributed by atoms with E-state index in [1.165, 1.54) is 0 Å². The smallest absolute Gasteiger partial charge is 0.333 e. The molecule has 0 aliphatic rings. The lowest BCUT2D eigenvalue weighted by Crippen LogP contribution is -2.27. The van der Waals surface area contributed by atoms with Gasteiger partial charge in [-0.05, 0) is 18.2 Å². The van der Waals surface area contributed by atoms with E-state index in [1.807, 2.05) is 0 Å². The van der Waals surface area contributed by atoms with Crippen LogP contribution in [0.1, 0.15) is 11.1 Å². The summed E-state index contributed by atoms with van der Waals surface area (Å²) in [5.74, 6) is 0. The van der Waals surface area contributed by atoms with Crippen LogP contribution in [0.5, 0.6) is 0 Å². The van der Waals surface area contributed by atoms with E-state index in [2.05, 4.69) is 28.2 Å². The van der Waals surface area contributed by atoms with Gasteiger partial charge in [-0.2, -0.15) is 34.8 Å². The van der Waals surface area contributed by atoms with Crippen molar-refractivity contribution in [3.05, 3.63) is 29.3 Å². The lowest BCUT2D eigenvalue weighted by atomic mass is 10.1. The minimum absolute atomic E-state index is 0.0788. The summed E-state index contributed by atoms with van der Waals surface area (Å²) in [5.41, 5.74) is -3.63. The molecule has 23 heavy (non-hydrogen) atoms. The Bertz CT molecular complexity index is 606. The fourth-order valence-corrected chi connectivity index (χ4v) is 1.63. The van der Waals surface area contributed by atoms with E-state index < -0.39 is 38.5 Å². The van der Waals surface area contributed by atoms with E-state index in [4.69, 9.17) is 4.55 Å². The van der Waals surface area contributed by atoms with Gasteiger partial charge in [0.05, 0.1) is 44.2 Å². The molecule has 11 heteroatoms. The molecule has 1 N–H and O–H groups in total. The Kier molecular flexibility index (Phi) is 6.27. The molecule has 0 aliphatic heterocycles. The van der Waals surface area contributed by atoms with Crippen LogP contribution in [0.25, 0.3) is 0 Å². The predicted octanol–water partition coefficient (Wildman–Crippen LogP) is 3.29. The fourth-order valence-electron chi connectivity index (χ4n) is 1.08. The maximum Gasteiger partial charge on any atom is 0.416 e. The van der Waals surface area contributed by atoms with Gasteiger partial charge in [0.15, 0.2) is 0 Å². The van der Waals surface area contributed by atoms with E-state index in [0.717, 1.165) is 4.48 Å². The third-order valence-electron chi connectivity index (χ3n) is 1.86. The van der Waals surface area contributed by atoms with Gasteiger partial charge < -0.3 is 4.48 Å². The van der Waals surface area contributed by atoms with Crippen molar-refractivity contribution in [2.75, 3.05) is 28.2 Å². The Morgan fingerprint density at radius 3 is 1.26 bits per heavy atom. The highest BCUT2D eigenvalue weighted by Gasteiger charge is 2.38. The Morgan fingerprint density at radius 1 is 0.826 bits per heavy atom. The van der Waals surface area contributed by atoms with Crippen molar-refractivity contribution in [2.45, 2.75) is 17.2 Å². The van der Waals surface area contributed by atoms with E-state index >= 15 is 0 Å². The molecule has 134 valence electrons. The Morgan fingerprint density at radius 2 is 1.09 bits per heavy atom. The summed E-state index contributed by atoms with van der Waals surface area (Å²) in [6, 6.07) is -0.399. The van der Waals surface area contributed by atoms with Gasteiger partial charge in [-0.1, -0.05) is 0 Å². The van der Waals surface area contributed by atoms with E-state index in [9.17, 15) is 34.8 Å². The highest BCUT2D eigenvalue weighted by atomic mass is 32.2. The quantitative estimate of drug-likeness (QED) is 0.470. The molecule has 0 heterocycles. The van der Waals surface area contributed by atoms with Gasteiger partial charge in [0.1, 0.15) is 0 Å². The first-order chi connectivity index (χ1) is 9.82. The van der Waals surface area contributed by atoms with E-state index in [1.54, 1.807) is 0 Å².